The van der Waals surface area contributed by atoms with Crippen molar-refractivity contribution in [2.75, 3.05) is 5.32 Å². The fraction of sp³-hybridized carbons (Fsp3) is 0.333. The summed E-state index contributed by atoms with van der Waals surface area (Å²) in [4.78, 5) is 23.8. The fourth-order valence-electron chi connectivity index (χ4n) is 3.29. The molecule has 0 saturated heterocycles. The van der Waals surface area contributed by atoms with Gasteiger partial charge in [0.1, 0.15) is 0 Å². The van der Waals surface area contributed by atoms with E-state index in [0.29, 0.717) is 5.69 Å². The average molecular weight is 336 g/mol. The zero-order valence-electron chi connectivity index (χ0n) is 10.6. The molecular weight excluding hydrogens is 322 g/mol. The van der Waals surface area contributed by atoms with Crippen LogP contribution < -0.4 is 5.32 Å². The van der Waals surface area contributed by atoms with Crippen molar-refractivity contribution in [2.24, 2.45) is 23.7 Å². The van der Waals surface area contributed by atoms with E-state index >= 15 is 0 Å². The summed E-state index contributed by atoms with van der Waals surface area (Å²) in [5.41, 5.74) is 0.674. The molecule has 1 fully saturated rings. The van der Waals surface area contributed by atoms with Crippen LogP contribution >= 0.6 is 15.9 Å². The van der Waals surface area contributed by atoms with Crippen molar-refractivity contribution in [2.45, 2.75) is 6.42 Å². The average Bonchev–Trinajstić information content (AvgIpc) is 3.01. The predicted molar refractivity (Wildman–Crippen MR) is 78.1 cm³/mol. The van der Waals surface area contributed by atoms with Gasteiger partial charge in [-0.15, -0.1) is 0 Å². The highest BCUT2D eigenvalue weighted by molar-refractivity contribution is 9.10. The quantitative estimate of drug-likeness (QED) is 0.834. The fourth-order valence-corrected chi connectivity index (χ4v) is 3.68. The van der Waals surface area contributed by atoms with Gasteiger partial charge in [-0.3, -0.25) is 9.59 Å². The third kappa shape index (κ3) is 2.16. The third-order valence-corrected chi connectivity index (χ3v) is 4.87. The first-order valence-electron chi connectivity index (χ1n) is 6.54. The number of aliphatic carboxylic acids is 1. The molecule has 1 aromatic rings. The van der Waals surface area contributed by atoms with Gasteiger partial charge < -0.3 is 10.4 Å². The third-order valence-electron chi connectivity index (χ3n) is 4.18. The molecule has 1 saturated carbocycles. The Morgan fingerprint density at radius 3 is 2.45 bits per heavy atom. The summed E-state index contributed by atoms with van der Waals surface area (Å²) >= 11 is 3.37. The number of para-hydroxylation sites is 1. The van der Waals surface area contributed by atoms with Gasteiger partial charge in [0.15, 0.2) is 0 Å². The van der Waals surface area contributed by atoms with Crippen molar-refractivity contribution in [1.82, 2.24) is 0 Å². The van der Waals surface area contributed by atoms with Gasteiger partial charge in [0, 0.05) is 4.47 Å². The number of carboxylic acid groups (broad SMARTS) is 1. The Balaban J connectivity index is 1.82. The highest BCUT2D eigenvalue weighted by Crippen LogP contribution is 2.48. The van der Waals surface area contributed by atoms with Gasteiger partial charge in [-0.25, -0.2) is 0 Å². The minimum Gasteiger partial charge on any atom is -0.481 e. The molecule has 0 radical (unpaired) electrons. The summed E-state index contributed by atoms with van der Waals surface area (Å²) < 4.78 is 0.791. The Morgan fingerprint density at radius 2 is 1.80 bits per heavy atom. The normalized spacial score (nSPS) is 30.4. The Morgan fingerprint density at radius 1 is 1.15 bits per heavy atom. The second-order valence-electron chi connectivity index (χ2n) is 5.31. The summed E-state index contributed by atoms with van der Waals surface area (Å²) in [6.45, 7) is 0. The highest BCUT2D eigenvalue weighted by Gasteiger charge is 2.51. The van der Waals surface area contributed by atoms with Gasteiger partial charge in [-0.05, 0) is 46.3 Å². The number of fused-ring (bicyclic) bond motifs is 2. The van der Waals surface area contributed by atoms with Crippen LogP contribution in [0.1, 0.15) is 6.42 Å². The lowest BCUT2D eigenvalue weighted by atomic mass is 9.82. The maximum Gasteiger partial charge on any atom is 0.307 e. The number of carboxylic acids is 1. The van der Waals surface area contributed by atoms with Crippen molar-refractivity contribution in [3.05, 3.63) is 40.9 Å². The Hall–Kier alpha value is -1.62. The van der Waals surface area contributed by atoms with Gasteiger partial charge in [0.05, 0.1) is 17.5 Å². The summed E-state index contributed by atoms with van der Waals surface area (Å²) in [5.74, 6) is -2.13. The lowest BCUT2D eigenvalue weighted by Crippen LogP contribution is -2.36. The number of anilines is 1. The first kappa shape index (κ1) is 13.4. The van der Waals surface area contributed by atoms with Crippen molar-refractivity contribution in [3.8, 4) is 0 Å². The molecular formula is C15H14BrNO3. The number of rotatable bonds is 3. The molecule has 2 aliphatic carbocycles. The molecule has 2 aliphatic rings. The number of carbonyl (C=O) groups is 2. The van der Waals surface area contributed by atoms with Crippen molar-refractivity contribution in [1.29, 1.82) is 0 Å². The lowest BCUT2D eigenvalue weighted by Gasteiger charge is -2.24. The van der Waals surface area contributed by atoms with Gasteiger partial charge in [0.25, 0.3) is 0 Å². The second kappa shape index (κ2) is 5.05. The maximum absolute atomic E-state index is 12.4. The van der Waals surface area contributed by atoms with Crippen molar-refractivity contribution < 1.29 is 14.7 Å². The first-order chi connectivity index (χ1) is 9.58. The zero-order chi connectivity index (χ0) is 14.3. The second-order valence-corrected chi connectivity index (χ2v) is 6.16. The van der Waals surface area contributed by atoms with Gasteiger partial charge in [0.2, 0.25) is 5.91 Å². The summed E-state index contributed by atoms with van der Waals surface area (Å²) in [5, 5.41) is 12.2. The molecule has 3 rings (SSSR count). The molecule has 4 nitrogen and oxygen atoms in total. The van der Waals surface area contributed by atoms with Crippen LogP contribution in [0.2, 0.25) is 0 Å². The number of benzene rings is 1. The maximum atomic E-state index is 12.4. The number of amides is 1. The number of nitrogens with one attached hydrogen (secondary N) is 1. The molecule has 104 valence electrons. The minimum atomic E-state index is -0.880. The van der Waals surface area contributed by atoms with E-state index in [2.05, 4.69) is 21.2 Å². The molecule has 0 aliphatic heterocycles. The van der Waals surface area contributed by atoms with E-state index in [1.807, 2.05) is 30.4 Å². The SMILES string of the molecule is O=C(Nc1ccccc1Br)[C@@H]1[C@H](C(=O)O)[C@@H]2C=C[C@H]1C2. The topological polar surface area (TPSA) is 66.4 Å². The molecule has 0 spiro atoms. The van der Waals surface area contributed by atoms with E-state index in [0.717, 1.165) is 10.9 Å². The number of hydrogen-bond donors (Lipinski definition) is 2. The van der Waals surface area contributed by atoms with Gasteiger partial charge in [-0.1, -0.05) is 24.3 Å². The van der Waals surface area contributed by atoms with Crippen LogP contribution in [0.25, 0.3) is 0 Å². The Kier molecular flexibility index (Phi) is 3.38. The molecule has 2 N–H and O–H groups in total. The van der Waals surface area contributed by atoms with Crippen LogP contribution in [0.15, 0.2) is 40.9 Å². The molecule has 2 bridgehead atoms. The lowest BCUT2D eigenvalue weighted by molar-refractivity contribution is -0.146. The number of halogens is 1. The Labute approximate surface area is 125 Å². The first-order valence-corrected chi connectivity index (χ1v) is 7.34. The van der Waals surface area contributed by atoms with Gasteiger partial charge >= 0.3 is 5.97 Å². The molecule has 0 aromatic heterocycles. The molecule has 20 heavy (non-hydrogen) atoms. The molecule has 1 amide bonds. The van der Waals surface area contributed by atoms with Crippen LogP contribution in [0, 0.1) is 23.7 Å². The van der Waals surface area contributed by atoms with E-state index in [-0.39, 0.29) is 17.7 Å². The summed E-state index contributed by atoms with van der Waals surface area (Å²) in [7, 11) is 0. The highest BCUT2D eigenvalue weighted by atomic mass is 79.9. The Bertz CT molecular complexity index is 599. The van der Waals surface area contributed by atoms with Gasteiger partial charge in [-0.2, -0.15) is 0 Å². The minimum absolute atomic E-state index is 0.00698. The van der Waals surface area contributed by atoms with Crippen molar-refractivity contribution in [3.63, 3.8) is 0 Å². The number of carbonyl (C=O) groups excluding carboxylic acids is 1. The summed E-state index contributed by atoms with van der Waals surface area (Å²) in [6, 6.07) is 7.32. The van der Waals surface area contributed by atoms with Crippen LogP contribution in [0.3, 0.4) is 0 Å². The molecule has 0 heterocycles. The van der Waals surface area contributed by atoms with E-state index in [4.69, 9.17) is 0 Å². The standard InChI is InChI=1S/C15H14BrNO3/c16-10-3-1-2-4-11(10)17-14(18)12-8-5-6-9(7-8)13(12)15(19)20/h1-6,8-9,12-13H,7H2,(H,17,18)(H,19,20)/t8-,9+,12-,13+/m0/s1. The van der Waals surface area contributed by atoms with Crippen LogP contribution in [0.5, 0.6) is 0 Å². The molecule has 0 unspecified atom stereocenters. The van der Waals surface area contributed by atoms with E-state index in [9.17, 15) is 14.7 Å². The monoisotopic (exact) mass is 335 g/mol. The summed E-state index contributed by atoms with van der Waals surface area (Å²) in [6.07, 6.45) is 4.69. The zero-order valence-corrected chi connectivity index (χ0v) is 12.2. The molecule has 1 aromatic carbocycles. The van der Waals surface area contributed by atoms with E-state index < -0.39 is 17.8 Å². The van der Waals surface area contributed by atoms with E-state index in [1.165, 1.54) is 0 Å². The number of allylic oxidation sites excluding steroid dienone is 2. The smallest absolute Gasteiger partial charge is 0.307 e. The van der Waals surface area contributed by atoms with Crippen LogP contribution in [0.4, 0.5) is 5.69 Å². The molecule has 4 atom stereocenters. The van der Waals surface area contributed by atoms with Crippen LogP contribution in [-0.2, 0) is 9.59 Å². The predicted octanol–water partition coefficient (Wildman–Crippen LogP) is 2.91. The van der Waals surface area contributed by atoms with Crippen molar-refractivity contribution >= 4 is 33.5 Å². The number of hydrogen-bond acceptors (Lipinski definition) is 2. The molecule has 5 heteroatoms. The van der Waals surface area contributed by atoms with E-state index in [1.54, 1.807) is 6.07 Å². The largest absolute Gasteiger partial charge is 0.481 e. The van der Waals surface area contributed by atoms with Crippen LogP contribution in [-0.4, -0.2) is 17.0 Å².